The highest BCUT2D eigenvalue weighted by molar-refractivity contribution is 6.99. The maximum Gasteiger partial charge on any atom is 0.261 e. The normalized spacial score (nSPS) is 15.1. The molecule has 0 aromatic heterocycles. The highest BCUT2D eigenvalue weighted by Crippen LogP contribution is 2.37. The van der Waals surface area contributed by atoms with Crippen LogP contribution in [0.2, 0.25) is 5.04 Å². The third-order valence-corrected chi connectivity index (χ3v) is 9.57. The van der Waals surface area contributed by atoms with E-state index in [1.165, 1.54) is 10.4 Å². The second-order valence-electron chi connectivity index (χ2n) is 7.44. The molecule has 2 rings (SSSR count). The van der Waals surface area contributed by atoms with Crippen LogP contribution < -0.4 is 16.1 Å². The van der Waals surface area contributed by atoms with E-state index in [-0.39, 0.29) is 11.0 Å². The predicted octanol–water partition coefficient (Wildman–Crippen LogP) is 2.48. The molecule has 0 heterocycles. The van der Waals surface area contributed by atoms with Gasteiger partial charge in [-0.1, -0.05) is 88.4 Å². The maximum absolute atomic E-state index is 9.67. The quantitative estimate of drug-likeness (QED) is 0.626. The van der Waals surface area contributed by atoms with Crippen molar-refractivity contribution in [1.29, 1.82) is 0 Å². The molecule has 24 heavy (non-hydrogen) atoms. The van der Waals surface area contributed by atoms with Crippen molar-refractivity contribution in [2.75, 3.05) is 6.61 Å². The third kappa shape index (κ3) is 3.78. The largest absolute Gasteiger partial charge is 0.407 e. The summed E-state index contributed by atoms with van der Waals surface area (Å²) in [6.45, 7) is 9.07. The summed E-state index contributed by atoms with van der Waals surface area (Å²) in [7, 11) is -2.52. The van der Waals surface area contributed by atoms with E-state index >= 15 is 0 Å². The fourth-order valence-electron chi connectivity index (χ4n) is 3.12. The minimum absolute atomic E-state index is 0.0605. The van der Waals surface area contributed by atoms with Gasteiger partial charge in [-0.05, 0) is 15.4 Å². The van der Waals surface area contributed by atoms with Crippen LogP contribution in [0.4, 0.5) is 0 Å². The molecule has 0 spiro atoms. The Balaban J connectivity index is 2.57. The van der Waals surface area contributed by atoms with Crippen LogP contribution in [-0.4, -0.2) is 26.3 Å². The Bertz CT molecular complexity index is 584. The molecule has 3 nitrogen and oxygen atoms in total. The lowest BCUT2D eigenvalue weighted by molar-refractivity contribution is 0.0867. The maximum atomic E-state index is 9.67. The summed E-state index contributed by atoms with van der Waals surface area (Å²) < 4.78 is 6.69. The zero-order valence-electron chi connectivity index (χ0n) is 15.1. The van der Waals surface area contributed by atoms with Crippen LogP contribution in [0.15, 0.2) is 60.7 Å². The van der Waals surface area contributed by atoms with Gasteiger partial charge in [0.15, 0.2) is 0 Å². The van der Waals surface area contributed by atoms with Crippen molar-refractivity contribution in [2.24, 2.45) is 11.7 Å². The van der Waals surface area contributed by atoms with Gasteiger partial charge in [-0.25, -0.2) is 0 Å². The molecular weight excluding hydrogens is 314 g/mol. The number of hydrogen-bond donors (Lipinski definition) is 2. The van der Waals surface area contributed by atoms with Crippen molar-refractivity contribution in [3.8, 4) is 0 Å². The Labute approximate surface area is 146 Å². The molecule has 3 N–H and O–H groups in total. The van der Waals surface area contributed by atoms with Crippen molar-refractivity contribution in [2.45, 2.75) is 39.0 Å². The van der Waals surface area contributed by atoms with Gasteiger partial charge in [-0.3, -0.25) is 0 Å². The summed E-state index contributed by atoms with van der Waals surface area (Å²) >= 11 is 0. The second kappa shape index (κ2) is 7.62. The number of rotatable bonds is 6. The van der Waals surface area contributed by atoms with E-state index in [4.69, 9.17) is 10.2 Å². The number of hydrogen-bond acceptors (Lipinski definition) is 3. The van der Waals surface area contributed by atoms with Gasteiger partial charge < -0.3 is 15.3 Å². The molecule has 0 fully saturated rings. The van der Waals surface area contributed by atoms with Crippen LogP contribution in [0, 0.1) is 5.92 Å². The molecule has 130 valence electrons. The highest BCUT2D eigenvalue weighted by Gasteiger charge is 2.50. The van der Waals surface area contributed by atoms with E-state index in [9.17, 15) is 5.11 Å². The van der Waals surface area contributed by atoms with E-state index in [1.807, 2.05) is 19.1 Å². The van der Waals surface area contributed by atoms with Crippen LogP contribution in [0.5, 0.6) is 0 Å². The Kier molecular flexibility index (Phi) is 5.99. The van der Waals surface area contributed by atoms with Crippen LogP contribution in [0.1, 0.15) is 27.7 Å². The fourth-order valence-corrected chi connectivity index (χ4v) is 7.78. The topological polar surface area (TPSA) is 55.5 Å². The first-order valence-corrected chi connectivity index (χ1v) is 10.4. The first kappa shape index (κ1) is 18.9. The first-order valence-electron chi connectivity index (χ1n) is 8.47. The van der Waals surface area contributed by atoms with Gasteiger partial charge in [0.2, 0.25) is 0 Å². The monoisotopic (exact) mass is 343 g/mol. The molecule has 2 atom stereocenters. The number of aliphatic hydroxyl groups is 1. The summed E-state index contributed by atoms with van der Waals surface area (Å²) in [6.07, 6.45) is -0.872. The molecule has 4 heteroatoms. The van der Waals surface area contributed by atoms with Gasteiger partial charge in [0.25, 0.3) is 8.32 Å². The number of aliphatic hydroxyl groups excluding tert-OH is 1. The molecule has 0 radical (unpaired) electrons. The second-order valence-corrected chi connectivity index (χ2v) is 11.7. The van der Waals surface area contributed by atoms with E-state index in [0.29, 0.717) is 6.61 Å². The van der Waals surface area contributed by atoms with Crippen molar-refractivity contribution in [3.63, 3.8) is 0 Å². The molecule has 0 aliphatic heterocycles. The Morgan fingerprint density at radius 1 is 0.958 bits per heavy atom. The lowest BCUT2D eigenvalue weighted by atomic mass is 10.2. The van der Waals surface area contributed by atoms with Gasteiger partial charge in [0.1, 0.15) is 6.23 Å². The Morgan fingerprint density at radius 3 is 1.71 bits per heavy atom. The molecule has 2 aromatic rings. The standard InChI is InChI=1S/C20H29NO2Si/c1-16(19(21)22)15-23-24(20(2,3)4,17-11-7-5-8-12-17)18-13-9-6-10-14-18/h5-14,16,19,22H,15,21H2,1-4H3. The number of nitrogens with two attached hydrogens (primary N) is 1. The lowest BCUT2D eigenvalue weighted by Gasteiger charge is -2.43. The lowest BCUT2D eigenvalue weighted by Crippen LogP contribution is -2.67. The van der Waals surface area contributed by atoms with Crippen LogP contribution in [0.25, 0.3) is 0 Å². The zero-order valence-corrected chi connectivity index (χ0v) is 16.1. The highest BCUT2D eigenvalue weighted by atomic mass is 28.4. The number of benzene rings is 2. The van der Waals surface area contributed by atoms with Gasteiger partial charge in [-0.15, -0.1) is 0 Å². The average molecular weight is 344 g/mol. The van der Waals surface area contributed by atoms with Crippen molar-refractivity contribution in [3.05, 3.63) is 60.7 Å². The molecule has 0 saturated heterocycles. The smallest absolute Gasteiger partial charge is 0.261 e. The van der Waals surface area contributed by atoms with Crippen molar-refractivity contribution >= 4 is 18.7 Å². The minimum atomic E-state index is -2.52. The van der Waals surface area contributed by atoms with Gasteiger partial charge in [0, 0.05) is 12.5 Å². The van der Waals surface area contributed by atoms with Gasteiger partial charge >= 0.3 is 0 Å². The van der Waals surface area contributed by atoms with Gasteiger partial charge in [-0.2, -0.15) is 0 Å². The van der Waals surface area contributed by atoms with E-state index in [1.54, 1.807) is 0 Å². The molecule has 0 aliphatic carbocycles. The third-order valence-electron chi connectivity index (χ3n) is 4.56. The molecule has 0 saturated carbocycles. The van der Waals surface area contributed by atoms with Crippen molar-refractivity contribution < 1.29 is 9.53 Å². The SMILES string of the molecule is CC(CO[Si](c1ccccc1)(c1ccccc1)C(C)(C)C)C(N)O. The van der Waals surface area contributed by atoms with Gasteiger partial charge in [0.05, 0.1) is 0 Å². The van der Waals surface area contributed by atoms with Crippen LogP contribution in [0.3, 0.4) is 0 Å². The molecule has 0 aliphatic rings. The Morgan fingerprint density at radius 2 is 1.38 bits per heavy atom. The average Bonchev–Trinajstić information content (AvgIpc) is 2.56. The molecule has 2 aromatic carbocycles. The van der Waals surface area contributed by atoms with E-state index in [0.717, 1.165) is 0 Å². The summed E-state index contributed by atoms with van der Waals surface area (Å²) in [6, 6.07) is 21.0. The van der Waals surface area contributed by atoms with E-state index < -0.39 is 14.5 Å². The van der Waals surface area contributed by atoms with E-state index in [2.05, 4.69) is 69.3 Å². The Hall–Kier alpha value is -1.46. The molecule has 2 unspecified atom stereocenters. The zero-order chi connectivity index (χ0) is 17.8. The summed E-state index contributed by atoms with van der Waals surface area (Å²) in [4.78, 5) is 0. The fraction of sp³-hybridized carbons (Fsp3) is 0.400. The minimum Gasteiger partial charge on any atom is -0.407 e. The van der Waals surface area contributed by atoms with Crippen molar-refractivity contribution in [1.82, 2.24) is 0 Å². The van der Waals surface area contributed by atoms with Crippen LogP contribution in [-0.2, 0) is 4.43 Å². The molecule has 0 bridgehead atoms. The summed E-state index contributed by atoms with van der Waals surface area (Å²) in [5.74, 6) is -0.119. The molecular formula is C20H29NO2Si. The summed E-state index contributed by atoms with van der Waals surface area (Å²) in [5, 5.41) is 12.1. The predicted molar refractivity (Wildman–Crippen MR) is 103 cm³/mol. The van der Waals surface area contributed by atoms with Crippen LogP contribution >= 0.6 is 0 Å². The molecule has 0 amide bonds. The first-order chi connectivity index (χ1) is 11.3. The summed E-state index contributed by atoms with van der Waals surface area (Å²) in [5.41, 5.74) is 5.64.